The molecule has 0 saturated carbocycles. The van der Waals surface area contributed by atoms with Gasteiger partial charge in [-0.3, -0.25) is 4.57 Å². The van der Waals surface area contributed by atoms with Crippen molar-refractivity contribution in [2.45, 2.75) is 25.4 Å². The second-order valence-electron chi connectivity index (χ2n) is 7.78. The number of rotatable bonds is 6. The summed E-state index contributed by atoms with van der Waals surface area (Å²) in [6.07, 6.45) is 11.1. The first-order valence-electron chi connectivity index (χ1n) is 10.8. The molecule has 1 aromatic carbocycles. The Morgan fingerprint density at radius 3 is 2.76 bits per heavy atom. The van der Waals surface area contributed by atoms with Crippen molar-refractivity contribution >= 4 is 0 Å². The molecule has 5 rings (SSSR count). The molecule has 0 atom stereocenters. The van der Waals surface area contributed by atoms with E-state index in [2.05, 4.69) is 21.0 Å². The Balaban J connectivity index is 1.32. The van der Waals surface area contributed by atoms with E-state index in [-0.39, 0.29) is 6.10 Å². The molecule has 4 aromatic rings. The molecule has 4 heterocycles. The third-order valence-electron chi connectivity index (χ3n) is 5.50. The molecule has 8 heteroatoms. The maximum Gasteiger partial charge on any atom is 0.137 e. The molecule has 1 fully saturated rings. The third kappa shape index (κ3) is 4.89. The summed E-state index contributed by atoms with van der Waals surface area (Å²) in [4.78, 5) is 17.7. The quantitative estimate of drug-likeness (QED) is 0.452. The highest BCUT2D eigenvalue weighted by molar-refractivity contribution is 5.64. The number of aromatic nitrogens is 5. The monoisotopic (exact) mass is 438 g/mol. The van der Waals surface area contributed by atoms with E-state index in [1.807, 2.05) is 53.4 Å². The fourth-order valence-corrected chi connectivity index (χ4v) is 3.75. The van der Waals surface area contributed by atoms with Crippen molar-refractivity contribution in [3.05, 3.63) is 84.5 Å². The van der Waals surface area contributed by atoms with Crippen LogP contribution < -0.4 is 4.74 Å². The zero-order valence-electron chi connectivity index (χ0n) is 18.0. The largest absolute Gasteiger partial charge is 0.489 e. The fourth-order valence-electron chi connectivity index (χ4n) is 3.75. The van der Waals surface area contributed by atoms with Crippen LogP contribution in [0.5, 0.6) is 5.75 Å². The number of benzene rings is 1. The highest BCUT2D eigenvalue weighted by Gasteiger charge is 2.17. The number of hydrogen-bond donors (Lipinski definition) is 0. The average molecular weight is 438 g/mol. The molecule has 1 aliphatic heterocycles. The van der Waals surface area contributed by atoms with Crippen LogP contribution in [-0.4, -0.2) is 43.8 Å². The van der Waals surface area contributed by atoms with E-state index < -0.39 is 0 Å². The van der Waals surface area contributed by atoms with E-state index in [4.69, 9.17) is 14.5 Å². The predicted octanol–water partition coefficient (Wildman–Crippen LogP) is 3.74. The molecule has 0 bridgehead atoms. The molecule has 8 nitrogen and oxygen atoms in total. The smallest absolute Gasteiger partial charge is 0.137 e. The first-order valence-corrected chi connectivity index (χ1v) is 10.8. The Morgan fingerprint density at radius 2 is 2.00 bits per heavy atom. The summed E-state index contributed by atoms with van der Waals surface area (Å²) in [5, 5.41) is 9.66. The van der Waals surface area contributed by atoms with Crippen LogP contribution in [0, 0.1) is 11.3 Å². The van der Waals surface area contributed by atoms with Gasteiger partial charge in [0, 0.05) is 49.6 Å². The number of pyridine rings is 1. The molecular weight excluding hydrogens is 416 g/mol. The second-order valence-corrected chi connectivity index (χ2v) is 7.78. The highest BCUT2D eigenvalue weighted by Crippen LogP contribution is 2.27. The number of nitriles is 1. The lowest BCUT2D eigenvalue weighted by Gasteiger charge is -2.23. The first-order chi connectivity index (χ1) is 16.3. The van der Waals surface area contributed by atoms with Gasteiger partial charge >= 0.3 is 0 Å². The average Bonchev–Trinajstić information content (AvgIpc) is 3.41. The van der Waals surface area contributed by atoms with Gasteiger partial charge in [0.2, 0.25) is 0 Å². The van der Waals surface area contributed by atoms with Gasteiger partial charge < -0.3 is 9.47 Å². The molecular formula is C25H22N6O2. The Morgan fingerprint density at radius 1 is 1.09 bits per heavy atom. The molecule has 164 valence electrons. The molecule has 33 heavy (non-hydrogen) atoms. The molecule has 1 saturated heterocycles. The zero-order chi connectivity index (χ0) is 22.5. The molecule has 1 aliphatic rings. The molecule has 0 aliphatic carbocycles. The molecule has 0 amide bonds. The van der Waals surface area contributed by atoms with Crippen LogP contribution in [0.4, 0.5) is 0 Å². The van der Waals surface area contributed by atoms with Crippen LogP contribution in [0.3, 0.4) is 0 Å². The van der Waals surface area contributed by atoms with E-state index in [1.54, 1.807) is 18.7 Å². The van der Waals surface area contributed by atoms with Crippen LogP contribution in [-0.2, 0) is 11.2 Å². The minimum Gasteiger partial charge on any atom is -0.489 e. The van der Waals surface area contributed by atoms with Gasteiger partial charge in [-0.05, 0) is 35.9 Å². The van der Waals surface area contributed by atoms with Gasteiger partial charge in [0.1, 0.15) is 35.9 Å². The van der Waals surface area contributed by atoms with Gasteiger partial charge in [-0.2, -0.15) is 5.26 Å². The fraction of sp³-hybridized carbons (Fsp3) is 0.240. The summed E-state index contributed by atoms with van der Waals surface area (Å²) < 4.78 is 13.3. The van der Waals surface area contributed by atoms with Crippen LogP contribution >= 0.6 is 0 Å². The summed E-state index contributed by atoms with van der Waals surface area (Å²) in [6.45, 7) is 1.38. The molecule has 0 spiro atoms. The Labute approximate surface area is 191 Å². The Kier molecular flexibility index (Phi) is 6.04. The molecule has 0 N–H and O–H groups in total. The van der Waals surface area contributed by atoms with Crippen molar-refractivity contribution in [3.63, 3.8) is 0 Å². The predicted molar refractivity (Wildman–Crippen MR) is 121 cm³/mol. The lowest BCUT2D eigenvalue weighted by molar-refractivity contribution is 0.0254. The van der Waals surface area contributed by atoms with E-state index in [0.29, 0.717) is 36.8 Å². The van der Waals surface area contributed by atoms with Crippen molar-refractivity contribution in [1.29, 1.82) is 5.26 Å². The standard InChI is InChI=1S/C25H22N6O2/c26-15-20-14-19(2-3-23(20)33-21-6-11-32-12-7-21)22-5-8-28-24(30-22)13-18-1-4-25(29-16-18)31-10-9-27-17-31/h1-5,8-10,14,16-17,21H,6-7,11-13H2. The van der Waals surface area contributed by atoms with Gasteiger partial charge in [0.15, 0.2) is 0 Å². The van der Waals surface area contributed by atoms with E-state index in [0.717, 1.165) is 35.5 Å². The summed E-state index contributed by atoms with van der Waals surface area (Å²) in [5.41, 5.74) is 3.12. The second kappa shape index (κ2) is 9.59. The number of nitrogens with zero attached hydrogens (tertiary/aromatic N) is 6. The zero-order valence-corrected chi connectivity index (χ0v) is 18.0. The number of imidazole rings is 1. The van der Waals surface area contributed by atoms with Gasteiger partial charge in [-0.1, -0.05) is 6.07 Å². The van der Waals surface area contributed by atoms with Gasteiger partial charge in [-0.15, -0.1) is 0 Å². The van der Waals surface area contributed by atoms with Crippen molar-refractivity contribution in [2.75, 3.05) is 13.2 Å². The van der Waals surface area contributed by atoms with E-state index in [9.17, 15) is 5.26 Å². The molecule has 3 aromatic heterocycles. The lowest BCUT2D eigenvalue weighted by Crippen LogP contribution is -2.26. The van der Waals surface area contributed by atoms with E-state index >= 15 is 0 Å². The molecule has 0 radical (unpaired) electrons. The van der Waals surface area contributed by atoms with Crippen LogP contribution in [0.25, 0.3) is 17.1 Å². The summed E-state index contributed by atoms with van der Waals surface area (Å²) >= 11 is 0. The van der Waals surface area contributed by atoms with Gasteiger partial charge in [-0.25, -0.2) is 19.9 Å². The highest BCUT2D eigenvalue weighted by atomic mass is 16.5. The minimum atomic E-state index is 0.0797. The SMILES string of the molecule is N#Cc1cc(-c2ccnc(Cc3ccc(-n4ccnc4)nc3)n2)ccc1OC1CCOCC1. The summed E-state index contributed by atoms with van der Waals surface area (Å²) in [5.74, 6) is 2.09. The summed E-state index contributed by atoms with van der Waals surface area (Å²) in [6, 6.07) is 13.7. The van der Waals surface area contributed by atoms with Crippen molar-refractivity contribution in [2.24, 2.45) is 0 Å². The maximum atomic E-state index is 9.66. The summed E-state index contributed by atoms with van der Waals surface area (Å²) in [7, 11) is 0. The van der Waals surface area contributed by atoms with E-state index in [1.165, 1.54) is 0 Å². The maximum absolute atomic E-state index is 9.66. The Hall–Kier alpha value is -4.09. The third-order valence-corrected chi connectivity index (χ3v) is 5.50. The van der Waals surface area contributed by atoms with Crippen LogP contribution in [0.2, 0.25) is 0 Å². The lowest BCUT2D eigenvalue weighted by atomic mass is 10.1. The van der Waals surface area contributed by atoms with Crippen molar-refractivity contribution < 1.29 is 9.47 Å². The van der Waals surface area contributed by atoms with Crippen LogP contribution in [0.15, 0.2) is 67.5 Å². The first kappa shape index (κ1) is 20.8. The topological polar surface area (TPSA) is 98.7 Å². The Bertz CT molecular complexity index is 1260. The molecule has 0 unspecified atom stereocenters. The van der Waals surface area contributed by atoms with Crippen molar-refractivity contribution in [3.8, 4) is 28.9 Å². The van der Waals surface area contributed by atoms with Crippen molar-refractivity contribution in [1.82, 2.24) is 24.5 Å². The number of ether oxygens (including phenoxy) is 2. The van der Waals surface area contributed by atoms with Gasteiger partial charge in [0.05, 0.1) is 24.5 Å². The van der Waals surface area contributed by atoms with Gasteiger partial charge in [0.25, 0.3) is 0 Å². The van der Waals surface area contributed by atoms with Crippen LogP contribution in [0.1, 0.15) is 29.8 Å². The normalized spacial score (nSPS) is 14.0. The number of hydrogen-bond acceptors (Lipinski definition) is 7. The minimum absolute atomic E-state index is 0.0797.